The summed E-state index contributed by atoms with van der Waals surface area (Å²) in [7, 11) is 0. The zero-order chi connectivity index (χ0) is 16.1. The van der Waals surface area contributed by atoms with Gasteiger partial charge in [-0.2, -0.15) is 5.10 Å². The zero-order valence-electron chi connectivity index (χ0n) is 12.5. The van der Waals surface area contributed by atoms with E-state index in [2.05, 4.69) is 10.4 Å². The van der Waals surface area contributed by atoms with Crippen molar-refractivity contribution >= 4 is 5.91 Å². The summed E-state index contributed by atoms with van der Waals surface area (Å²) < 4.78 is 1.81. The molecule has 3 rings (SSSR count). The number of carbonyl (C=O) groups excluding carboxylic acids is 1. The van der Waals surface area contributed by atoms with Crippen LogP contribution in [0.4, 0.5) is 0 Å². The summed E-state index contributed by atoms with van der Waals surface area (Å²) in [5.41, 5.74) is 2.32. The highest BCUT2D eigenvalue weighted by Crippen LogP contribution is 2.15. The molecule has 5 heteroatoms. The molecule has 1 amide bonds. The first-order chi connectivity index (χ1) is 11.2. The Morgan fingerprint density at radius 3 is 2.61 bits per heavy atom. The van der Waals surface area contributed by atoms with Gasteiger partial charge < -0.3 is 10.4 Å². The molecular weight excluding hydrogens is 290 g/mol. The predicted octanol–water partition coefficient (Wildman–Crippen LogP) is 2.55. The molecule has 0 bridgehead atoms. The Kier molecular flexibility index (Phi) is 4.38. The molecule has 0 fully saturated rings. The van der Waals surface area contributed by atoms with E-state index in [0.29, 0.717) is 13.0 Å². The van der Waals surface area contributed by atoms with Crippen LogP contribution in [-0.4, -0.2) is 27.3 Å². The van der Waals surface area contributed by atoms with E-state index in [0.717, 1.165) is 11.3 Å². The fourth-order valence-corrected chi connectivity index (χ4v) is 2.29. The van der Waals surface area contributed by atoms with E-state index in [1.807, 2.05) is 36.5 Å². The van der Waals surface area contributed by atoms with Crippen molar-refractivity contribution in [3.63, 3.8) is 0 Å². The van der Waals surface area contributed by atoms with Gasteiger partial charge in [0.15, 0.2) is 0 Å². The molecule has 0 unspecified atom stereocenters. The molecule has 0 aliphatic heterocycles. The van der Waals surface area contributed by atoms with Gasteiger partial charge in [-0.05, 0) is 36.2 Å². The molecule has 0 radical (unpaired) electrons. The molecule has 1 heterocycles. The van der Waals surface area contributed by atoms with Crippen LogP contribution in [-0.2, 0) is 6.42 Å². The molecule has 3 aromatic rings. The van der Waals surface area contributed by atoms with Crippen LogP contribution < -0.4 is 5.32 Å². The highest BCUT2D eigenvalue weighted by Gasteiger charge is 2.09. The van der Waals surface area contributed by atoms with Crippen LogP contribution in [0.5, 0.6) is 5.75 Å². The lowest BCUT2D eigenvalue weighted by Crippen LogP contribution is -2.25. The van der Waals surface area contributed by atoms with Gasteiger partial charge in [-0.25, -0.2) is 4.68 Å². The van der Waals surface area contributed by atoms with Gasteiger partial charge in [0.2, 0.25) is 0 Å². The predicted molar refractivity (Wildman–Crippen MR) is 87.7 cm³/mol. The van der Waals surface area contributed by atoms with Gasteiger partial charge in [-0.15, -0.1) is 0 Å². The van der Waals surface area contributed by atoms with E-state index in [4.69, 9.17) is 0 Å². The lowest BCUT2D eigenvalue weighted by Gasteiger charge is -2.05. The molecule has 2 aromatic carbocycles. The van der Waals surface area contributed by atoms with Crippen molar-refractivity contribution in [2.45, 2.75) is 6.42 Å². The van der Waals surface area contributed by atoms with Crippen LogP contribution in [0.15, 0.2) is 67.0 Å². The Morgan fingerprint density at radius 1 is 1.09 bits per heavy atom. The largest absolute Gasteiger partial charge is 0.507 e. The first kappa shape index (κ1) is 14.8. The van der Waals surface area contributed by atoms with Crippen molar-refractivity contribution in [2.24, 2.45) is 0 Å². The van der Waals surface area contributed by atoms with Crippen molar-refractivity contribution in [3.05, 3.63) is 78.1 Å². The molecule has 116 valence electrons. The van der Waals surface area contributed by atoms with E-state index in [9.17, 15) is 9.90 Å². The van der Waals surface area contributed by atoms with E-state index in [1.165, 1.54) is 6.07 Å². The minimum Gasteiger partial charge on any atom is -0.507 e. The number of nitrogens with zero attached hydrogens (tertiary/aromatic N) is 2. The number of aromatic nitrogens is 2. The number of phenols is 1. The Morgan fingerprint density at radius 2 is 1.83 bits per heavy atom. The minimum atomic E-state index is -0.279. The molecule has 0 saturated carbocycles. The van der Waals surface area contributed by atoms with Crippen molar-refractivity contribution in [1.29, 1.82) is 0 Å². The second-order valence-corrected chi connectivity index (χ2v) is 5.15. The van der Waals surface area contributed by atoms with Crippen molar-refractivity contribution in [3.8, 4) is 11.4 Å². The van der Waals surface area contributed by atoms with Gasteiger partial charge in [-0.3, -0.25) is 4.79 Å². The average molecular weight is 307 g/mol. The summed E-state index contributed by atoms with van der Waals surface area (Å²) in [6, 6.07) is 16.3. The van der Waals surface area contributed by atoms with Gasteiger partial charge in [0, 0.05) is 12.7 Å². The Hall–Kier alpha value is -3.08. The lowest BCUT2D eigenvalue weighted by atomic mass is 10.2. The lowest BCUT2D eigenvalue weighted by molar-refractivity contribution is 0.0951. The van der Waals surface area contributed by atoms with Crippen molar-refractivity contribution in [1.82, 2.24) is 15.1 Å². The molecule has 0 atom stereocenters. The topological polar surface area (TPSA) is 67.2 Å². The van der Waals surface area contributed by atoms with Gasteiger partial charge in [0.25, 0.3) is 5.91 Å². The highest BCUT2D eigenvalue weighted by atomic mass is 16.3. The van der Waals surface area contributed by atoms with Crippen molar-refractivity contribution < 1.29 is 9.90 Å². The Balaban J connectivity index is 1.56. The van der Waals surface area contributed by atoms with Crippen LogP contribution in [0.2, 0.25) is 0 Å². The summed E-state index contributed by atoms with van der Waals surface area (Å²) in [5.74, 6) is -0.291. The fraction of sp³-hybridized carbons (Fsp3) is 0.111. The number of hydrogen-bond donors (Lipinski definition) is 2. The average Bonchev–Trinajstić information content (AvgIpc) is 3.05. The standard InChI is InChI=1S/C18H17N3O2/c22-17-9-5-4-8-16(17)18(23)19-11-10-14-12-20-21(13-14)15-6-2-1-3-7-15/h1-9,12-13,22H,10-11H2,(H,19,23). The SMILES string of the molecule is O=C(NCCc1cnn(-c2ccccc2)c1)c1ccccc1O. The summed E-state index contributed by atoms with van der Waals surface area (Å²) in [6.45, 7) is 0.480. The summed E-state index contributed by atoms with van der Waals surface area (Å²) in [5, 5.41) is 16.8. The third-order valence-electron chi connectivity index (χ3n) is 3.50. The quantitative estimate of drug-likeness (QED) is 0.761. The number of rotatable bonds is 5. The van der Waals surface area contributed by atoms with Gasteiger partial charge in [0.1, 0.15) is 5.75 Å². The first-order valence-electron chi connectivity index (χ1n) is 7.39. The molecule has 0 aliphatic carbocycles. The van der Waals surface area contributed by atoms with Gasteiger partial charge in [0.05, 0.1) is 17.4 Å². The summed E-state index contributed by atoms with van der Waals surface area (Å²) >= 11 is 0. The summed E-state index contributed by atoms with van der Waals surface area (Å²) in [4.78, 5) is 12.0. The number of aromatic hydroxyl groups is 1. The van der Waals surface area contributed by atoms with Crippen molar-refractivity contribution in [2.75, 3.05) is 6.54 Å². The van der Waals surface area contributed by atoms with E-state index in [-0.39, 0.29) is 17.2 Å². The second kappa shape index (κ2) is 6.79. The van der Waals surface area contributed by atoms with Crippen LogP contribution in [0.1, 0.15) is 15.9 Å². The third-order valence-corrected chi connectivity index (χ3v) is 3.50. The number of phenolic OH excluding ortho intramolecular Hbond substituents is 1. The second-order valence-electron chi connectivity index (χ2n) is 5.15. The van der Waals surface area contributed by atoms with Crippen LogP contribution in [0.25, 0.3) is 5.69 Å². The molecule has 0 saturated heterocycles. The number of amides is 1. The zero-order valence-corrected chi connectivity index (χ0v) is 12.5. The Bertz CT molecular complexity index is 797. The maximum Gasteiger partial charge on any atom is 0.255 e. The fourth-order valence-electron chi connectivity index (χ4n) is 2.29. The van der Waals surface area contributed by atoms with E-state index >= 15 is 0 Å². The highest BCUT2D eigenvalue weighted by molar-refractivity contribution is 5.96. The maximum absolute atomic E-state index is 12.0. The van der Waals surface area contributed by atoms with Crippen LogP contribution >= 0.6 is 0 Å². The molecule has 0 spiro atoms. The first-order valence-corrected chi connectivity index (χ1v) is 7.39. The molecule has 5 nitrogen and oxygen atoms in total. The molecular formula is C18H17N3O2. The normalized spacial score (nSPS) is 10.4. The van der Waals surface area contributed by atoms with E-state index in [1.54, 1.807) is 29.1 Å². The number of benzene rings is 2. The maximum atomic E-state index is 12.0. The smallest absolute Gasteiger partial charge is 0.255 e. The Labute approximate surface area is 134 Å². The third kappa shape index (κ3) is 3.58. The number of nitrogens with one attached hydrogen (secondary N) is 1. The van der Waals surface area contributed by atoms with E-state index < -0.39 is 0 Å². The molecule has 0 aliphatic rings. The molecule has 23 heavy (non-hydrogen) atoms. The van der Waals surface area contributed by atoms with Crippen LogP contribution in [0.3, 0.4) is 0 Å². The number of para-hydroxylation sites is 2. The van der Waals surface area contributed by atoms with Gasteiger partial charge in [-0.1, -0.05) is 30.3 Å². The van der Waals surface area contributed by atoms with Gasteiger partial charge >= 0.3 is 0 Å². The molecule has 2 N–H and O–H groups in total. The minimum absolute atomic E-state index is 0.0121. The summed E-state index contributed by atoms with van der Waals surface area (Å²) in [6.07, 6.45) is 4.41. The van der Waals surface area contributed by atoms with Crippen LogP contribution in [0, 0.1) is 0 Å². The monoisotopic (exact) mass is 307 g/mol. The number of hydrogen-bond acceptors (Lipinski definition) is 3. The number of carbonyl (C=O) groups is 1. The molecule has 1 aromatic heterocycles.